The molecular formula is C26H25N3O5S. The number of nitrogens with zero attached hydrogens (tertiary/aromatic N) is 3. The summed E-state index contributed by atoms with van der Waals surface area (Å²) < 4.78 is 22.5. The number of fused-ring (bicyclic) bond motifs is 1. The van der Waals surface area contributed by atoms with E-state index in [4.69, 9.17) is 18.9 Å². The first-order valence-corrected chi connectivity index (χ1v) is 11.5. The Hall–Kier alpha value is -4.11. The normalized spacial score (nSPS) is 11.0. The number of thiazole rings is 1. The summed E-state index contributed by atoms with van der Waals surface area (Å²) in [7, 11) is 6.24. The van der Waals surface area contributed by atoms with Gasteiger partial charge in [0, 0.05) is 11.1 Å². The highest BCUT2D eigenvalue weighted by atomic mass is 32.1. The summed E-state index contributed by atoms with van der Waals surface area (Å²) in [5.41, 5.74) is 2.88. The van der Waals surface area contributed by atoms with Gasteiger partial charge in [-0.3, -0.25) is 4.79 Å². The van der Waals surface area contributed by atoms with Gasteiger partial charge in [0.05, 0.1) is 44.9 Å². The Bertz CT molecular complexity index is 1370. The van der Waals surface area contributed by atoms with E-state index in [0.717, 1.165) is 15.8 Å². The topological polar surface area (TPSA) is 82.5 Å². The lowest BCUT2D eigenvalue weighted by Crippen LogP contribution is -2.25. The molecule has 0 spiro atoms. The molecule has 0 radical (unpaired) electrons. The molecule has 1 aromatic heterocycles. The Balaban J connectivity index is 1.79. The van der Waals surface area contributed by atoms with Crippen molar-refractivity contribution in [2.45, 2.75) is 6.92 Å². The number of benzene rings is 3. The number of hydrazone groups is 1. The largest absolute Gasteiger partial charge is 0.497 e. The van der Waals surface area contributed by atoms with Crippen LogP contribution in [-0.2, 0) is 0 Å². The molecule has 180 valence electrons. The molecule has 1 heterocycles. The van der Waals surface area contributed by atoms with Gasteiger partial charge in [0.2, 0.25) is 10.9 Å². The Morgan fingerprint density at radius 2 is 1.69 bits per heavy atom. The third-order valence-electron chi connectivity index (χ3n) is 5.23. The second kappa shape index (κ2) is 10.4. The van der Waals surface area contributed by atoms with Crippen LogP contribution in [0.25, 0.3) is 10.2 Å². The third kappa shape index (κ3) is 5.04. The number of amides is 1. The minimum atomic E-state index is -0.302. The fraction of sp³-hybridized carbons (Fsp3) is 0.192. The molecule has 8 nitrogen and oxygen atoms in total. The molecule has 0 atom stereocenters. The van der Waals surface area contributed by atoms with Crippen LogP contribution in [0, 0.1) is 6.92 Å². The third-order valence-corrected chi connectivity index (χ3v) is 6.23. The summed E-state index contributed by atoms with van der Waals surface area (Å²) in [6, 6.07) is 16.4. The Morgan fingerprint density at radius 1 is 0.943 bits per heavy atom. The van der Waals surface area contributed by atoms with Crippen LogP contribution >= 0.6 is 11.3 Å². The number of aromatic nitrogens is 1. The van der Waals surface area contributed by atoms with Crippen molar-refractivity contribution in [3.8, 4) is 23.0 Å². The maximum Gasteiger partial charge on any atom is 0.280 e. The van der Waals surface area contributed by atoms with E-state index < -0.39 is 0 Å². The van der Waals surface area contributed by atoms with Crippen LogP contribution in [0.4, 0.5) is 5.13 Å². The number of hydrogen-bond donors (Lipinski definition) is 0. The van der Waals surface area contributed by atoms with E-state index in [1.165, 1.54) is 16.3 Å². The Labute approximate surface area is 207 Å². The summed E-state index contributed by atoms with van der Waals surface area (Å²) in [6.07, 6.45) is 1.56. The van der Waals surface area contributed by atoms with Crippen LogP contribution in [0.3, 0.4) is 0 Å². The molecule has 0 saturated heterocycles. The average Bonchev–Trinajstić information content (AvgIpc) is 3.30. The first kappa shape index (κ1) is 24.0. The highest BCUT2D eigenvalue weighted by molar-refractivity contribution is 7.22. The van der Waals surface area contributed by atoms with Gasteiger partial charge in [-0.15, -0.1) is 0 Å². The van der Waals surface area contributed by atoms with E-state index >= 15 is 0 Å². The number of rotatable bonds is 8. The van der Waals surface area contributed by atoms with Crippen molar-refractivity contribution in [3.05, 3.63) is 71.3 Å². The standard InChI is InChI=1S/C26H25N3O5S/c1-16-7-6-8-18(11-16)25(30)29(26-28-20-10-9-19(31-2)14-23(20)35-26)27-15-17-12-21(32-3)24(34-5)22(13-17)33-4/h6-15H,1-5H3/b27-15+. The quantitative estimate of drug-likeness (QED) is 0.245. The molecule has 0 fully saturated rings. The van der Waals surface area contributed by atoms with Gasteiger partial charge in [-0.1, -0.05) is 29.0 Å². The van der Waals surface area contributed by atoms with Gasteiger partial charge in [0.25, 0.3) is 5.91 Å². The van der Waals surface area contributed by atoms with E-state index in [1.54, 1.807) is 52.9 Å². The number of anilines is 1. The molecule has 4 rings (SSSR count). The van der Waals surface area contributed by atoms with Gasteiger partial charge in [-0.2, -0.15) is 10.1 Å². The minimum Gasteiger partial charge on any atom is -0.497 e. The van der Waals surface area contributed by atoms with Crippen molar-refractivity contribution >= 4 is 38.8 Å². The van der Waals surface area contributed by atoms with Gasteiger partial charge >= 0.3 is 0 Å². The fourth-order valence-electron chi connectivity index (χ4n) is 3.50. The van der Waals surface area contributed by atoms with Crippen LogP contribution in [0.1, 0.15) is 21.5 Å². The van der Waals surface area contributed by atoms with Crippen molar-refractivity contribution in [1.29, 1.82) is 0 Å². The molecule has 0 bridgehead atoms. The molecule has 9 heteroatoms. The molecular weight excluding hydrogens is 466 g/mol. The SMILES string of the molecule is COc1ccc2nc(N(/N=C/c3cc(OC)c(OC)c(OC)c3)C(=O)c3cccc(C)c3)sc2c1. The maximum absolute atomic E-state index is 13.6. The average molecular weight is 492 g/mol. The van der Waals surface area contributed by atoms with E-state index in [1.807, 2.05) is 43.3 Å². The number of carbonyl (C=O) groups excluding carboxylic acids is 1. The monoisotopic (exact) mass is 491 g/mol. The Morgan fingerprint density at radius 3 is 2.31 bits per heavy atom. The lowest BCUT2D eigenvalue weighted by Gasteiger charge is -2.15. The van der Waals surface area contributed by atoms with Crippen molar-refractivity contribution in [3.63, 3.8) is 0 Å². The zero-order valence-corrected chi connectivity index (χ0v) is 20.9. The van der Waals surface area contributed by atoms with E-state index in [9.17, 15) is 4.79 Å². The van der Waals surface area contributed by atoms with Gasteiger partial charge < -0.3 is 18.9 Å². The molecule has 3 aromatic carbocycles. The maximum atomic E-state index is 13.6. The molecule has 0 N–H and O–H groups in total. The second-order valence-corrected chi connectivity index (χ2v) is 8.53. The number of hydrogen-bond acceptors (Lipinski definition) is 8. The highest BCUT2D eigenvalue weighted by Crippen LogP contribution is 2.38. The molecule has 0 aliphatic carbocycles. The smallest absolute Gasteiger partial charge is 0.280 e. The molecule has 0 aliphatic rings. The predicted octanol–water partition coefficient (Wildman–Crippen LogP) is 5.32. The molecule has 0 aliphatic heterocycles. The second-order valence-electron chi connectivity index (χ2n) is 7.52. The lowest BCUT2D eigenvalue weighted by atomic mass is 10.1. The van der Waals surface area contributed by atoms with Crippen LogP contribution in [-0.4, -0.2) is 45.5 Å². The first-order valence-electron chi connectivity index (χ1n) is 10.7. The van der Waals surface area contributed by atoms with Gasteiger partial charge in [0.1, 0.15) is 5.75 Å². The number of methoxy groups -OCH3 is 4. The summed E-state index contributed by atoms with van der Waals surface area (Å²) in [4.78, 5) is 18.2. The number of aryl methyl sites for hydroxylation is 1. The Kier molecular flexibility index (Phi) is 7.17. The summed E-state index contributed by atoms with van der Waals surface area (Å²) in [6.45, 7) is 1.93. The zero-order valence-electron chi connectivity index (χ0n) is 20.1. The summed E-state index contributed by atoms with van der Waals surface area (Å²) >= 11 is 1.35. The van der Waals surface area contributed by atoms with E-state index in [2.05, 4.69) is 10.1 Å². The summed E-state index contributed by atoms with van der Waals surface area (Å²) in [5.74, 6) is 1.85. The van der Waals surface area contributed by atoms with Gasteiger partial charge in [-0.25, -0.2) is 4.98 Å². The predicted molar refractivity (Wildman–Crippen MR) is 138 cm³/mol. The molecule has 1 amide bonds. The minimum absolute atomic E-state index is 0.302. The number of ether oxygens (including phenoxy) is 4. The van der Waals surface area contributed by atoms with Gasteiger partial charge in [-0.05, 0) is 49.4 Å². The van der Waals surface area contributed by atoms with Crippen molar-refractivity contribution in [1.82, 2.24) is 4.98 Å². The van der Waals surface area contributed by atoms with Crippen molar-refractivity contribution in [2.75, 3.05) is 33.4 Å². The van der Waals surface area contributed by atoms with Gasteiger partial charge in [0.15, 0.2) is 11.5 Å². The van der Waals surface area contributed by atoms with Crippen molar-refractivity contribution < 1.29 is 23.7 Å². The van der Waals surface area contributed by atoms with Crippen LogP contribution in [0.15, 0.2) is 59.7 Å². The molecule has 0 unspecified atom stereocenters. The molecule has 4 aromatic rings. The first-order chi connectivity index (χ1) is 17.0. The summed E-state index contributed by atoms with van der Waals surface area (Å²) in [5, 5.41) is 6.27. The van der Waals surface area contributed by atoms with E-state index in [0.29, 0.717) is 39.3 Å². The zero-order chi connectivity index (χ0) is 24.9. The highest BCUT2D eigenvalue weighted by Gasteiger charge is 2.22. The number of carbonyl (C=O) groups is 1. The lowest BCUT2D eigenvalue weighted by molar-refractivity contribution is 0.0987. The molecule has 0 saturated carbocycles. The van der Waals surface area contributed by atoms with Crippen LogP contribution < -0.4 is 24.0 Å². The fourth-order valence-corrected chi connectivity index (χ4v) is 4.45. The van der Waals surface area contributed by atoms with E-state index in [-0.39, 0.29) is 5.91 Å². The van der Waals surface area contributed by atoms with Crippen molar-refractivity contribution in [2.24, 2.45) is 5.10 Å². The van der Waals surface area contributed by atoms with Crippen LogP contribution in [0.2, 0.25) is 0 Å². The van der Waals surface area contributed by atoms with Crippen LogP contribution in [0.5, 0.6) is 23.0 Å². The molecule has 35 heavy (non-hydrogen) atoms.